The Balaban J connectivity index is 1.91. The van der Waals surface area contributed by atoms with Crippen LogP contribution >= 0.6 is 0 Å². The van der Waals surface area contributed by atoms with Crippen LogP contribution < -0.4 is 4.74 Å². The second-order valence-corrected chi connectivity index (χ2v) is 8.01. The second kappa shape index (κ2) is 9.18. The first kappa shape index (κ1) is 21.7. The van der Waals surface area contributed by atoms with Gasteiger partial charge in [-0.05, 0) is 39.2 Å². The highest BCUT2D eigenvalue weighted by Gasteiger charge is 2.33. The number of phenols is 2. The first-order valence-electron chi connectivity index (χ1n) is 10.1. The SMILES string of the molecule is CC(C)=C[C@H](O)CC(C)=CCc1c(O)cc(O)c2c1O[C@H](c1ccccc1)CC2=O. The Labute approximate surface area is 177 Å². The fraction of sp³-hybridized carbons (Fsp3) is 0.320. The van der Waals surface area contributed by atoms with Crippen molar-refractivity contribution < 1.29 is 24.9 Å². The Morgan fingerprint density at radius 3 is 2.53 bits per heavy atom. The number of Topliss-reactive ketones (excluding diaryl/α,β-unsaturated/α-hetero) is 1. The van der Waals surface area contributed by atoms with Crippen LogP contribution in [0.15, 0.2) is 59.7 Å². The smallest absolute Gasteiger partial charge is 0.174 e. The highest BCUT2D eigenvalue weighted by Crippen LogP contribution is 2.45. The molecule has 5 nitrogen and oxygen atoms in total. The number of hydrogen-bond acceptors (Lipinski definition) is 5. The average molecular weight is 408 g/mol. The van der Waals surface area contributed by atoms with Gasteiger partial charge in [0.05, 0.1) is 12.5 Å². The van der Waals surface area contributed by atoms with Gasteiger partial charge in [-0.2, -0.15) is 0 Å². The standard InChI is InChI=1S/C25H28O5/c1-15(2)11-18(26)12-16(3)9-10-19-20(27)13-21(28)24-22(29)14-23(30-25(19)24)17-7-5-4-6-8-17/h4-9,11,13,18,23,26-28H,10,12,14H2,1-3H3/t18-,23-/m0/s1. The first-order chi connectivity index (χ1) is 14.3. The monoisotopic (exact) mass is 408 g/mol. The van der Waals surface area contributed by atoms with Crippen LogP contribution in [-0.4, -0.2) is 27.2 Å². The molecule has 158 valence electrons. The summed E-state index contributed by atoms with van der Waals surface area (Å²) in [5, 5.41) is 30.8. The van der Waals surface area contributed by atoms with E-state index in [1.54, 1.807) is 6.08 Å². The van der Waals surface area contributed by atoms with Gasteiger partial charge in [0.25, 0.3) is 0 Å². The molecule has 2 aromatic carbocycles. The number of aliphatic hydroxyl groups excluding tert-OH is 1. The number of fused-ring (bicyclic) bond motifs is 1. The summed E-state index contributed by atoms with van der Waals surface area (Å²) in [4.78, 5) is 12.8. The minimum Gasteiger partial charge on any atom is -0.507 e. The first-order valence-corrected chi connectivity index (χ1v) is 10.1. The normalized spacial score (nSPS) is 17.1. The number of rotatable bonds is 6. The number of aliphatic hydroxyl groups is 1. The summed E-state index contributed by atoms with van der Waals surface area (Å²) in [6.45, 7) is 5.77. The zero-order chi connectivity index (χ0) is 21.8. The number of ether oxygens (including phenoxy) is 1. The van der Waals surface area contributed by atoms with E-state index in [-0.39, 0.29) is 35.0 Å². The van der Waals surface area contributed by atoms with Crippen LogP contribution in [-0.2, 0) is 6.42 Å². The van der Waals surface area contributed by atoms with E-state index in [9.17, 15) is 20.1 Å². The van der Waals surface area contributed by atoms with Gasteiger partial charge >= 0.3 is 0 Å². The molecule has 0 aliphatic carbocycles. The molecular formula is C25H28O5. The third kappa shape index (κ3) is 4.92. The fourth-order valence-electron chi connectivity index (χ4n) is 3.71. The van der Waals surface area contributed by atoms with Crippen LogP contribution in [0.1, 0.15) is 61.2 Å². The third-order valence-corrected chi connectivity index (χ3v) is 5.13. The minimum atomic E-state index is -0.575. The lowest BCUT2D eigenvalue weighted by Gasteiger charge is -2.28. The van der Waals surface area contributed by atoms with Crippen molar-refractivity contribution in [3.8, 4) is 17.2 Å². The highest BCUT2D eigenvalue weighted by molar-refractivity contribution is 6.03. The molecule has 1 aliphatic rings. The molecule has 1 heterocycles. The van der Waals surface area contributed by atoms with Crippen LogP contribution in [0.25, 0.3) is 0 Å². The molecule has 2 aromatic rings. The quantitative estimate of drug-likeness (QED) is 0.585. The van der Waals surface area contributed by atoms with Crippen LogP contribution in [0.3, 0.4) is 0 Å². The van der Waals surface area contributed by atoms with Crippen molar-refractivity contribution in [2.75, 3.05) is 0 Å². The Bertz CT molecular complexity index is 984. The molecule has 0 radical (unpaired) electrons. The summed E-state index contributed by atoms with van der Waals surface area (Å²) < 4.78 is 6.12. The Hall–Kier alpha value is -3.05. The molecule has 0 unspecified atom stereocenters. The van der Waals surface area contributed by atoms with Gasteiger partial charge < -0.3 is 20.1 Å². The molecule has 2 atom stereocenters. The van der Waals surface area contributed by atoms with Crippen molar-refractivity contribution >= 4 is 5.78 Å². The average Bonchev–Trinajstić information content (AvgIpc) is 2.67. The van der Waals surface area contributed by atoms with Crippen molar-refractivity contribution in [3.05, 3.63) is 76.4 Å². The van der Waals surface area contributed by atoms with Gasteiger partial charge in [0.15, 0.2) is 5.78 Å². The molecule has 3 N–H and O–H groups in total. The maximum absolute atomic E-state index is 12.8. The summed E-state index contributed by atoms with van der Waals surface area (Å²) in [5.74, 6) is -0.390. The van der Waals surface area contributed by atoms with Gasteiger partial charge in [-0.15, -0.1) is 0 Å². The van der Waals surface area contributed by atoms with Crippen LogP contribution in [0.4, 0.5) is 0 Å². The van der Waals surface area contributed by atoms with Gasteiger partial charge in [0.2, 0.25) is 0 Å². The largest absolute Gasteiger partial charge is 0.507 e. The zero-order valence-electron chi connectivity index (χ0n) is 17.6. The Morgan fingerprint density at radius 1 is 1.17 bits per heavy atom. The molecule has 0 spiro atoms. The number of benzene rings is 2. The van der Waals surface area contributed by atoms with Crippen molar-refractivity contribution in [3.63, 3.8) is 0 Å². The number of ketones is 1. The number of phenolic OH excluding ortho intramolecular Hbond substituents is 2. The van der Waals surface area contributed by atoms with E-state index in [4.69, 9.17) is 4.74 Å². The number of allylic oxidation sites excluding steroid dienone is 2. The maximum atomic E-state index is 12.8. The molecule has 0 amide bonds. The molecule has 30 heavy (non-hydrogen) atoms. The van der Waals surface area contributed by atoms with E-state index in [0.29, 0.717) is 18.4 Å². The predicted octanol–water partition coefficient (Wildman–Crippen LogP) is 5.01. The van der Waals surface area contributed by atoms with Gasteiger partial charge in [-0.1, -0.05) is 53.6 Å². The lowest BCUT2D eigenvalue weighted by molar-refractivity contribution is 0.0842. The molecule has 0 bridgehead atoms. The topological polar surface area (TPSA) is 87.0 Å². The van der Waals surface area contributed by atoms with Crippen molar-refractivity contribution in [2.24, 2.45) is 0 Å². The van der Waals surface area contributed by atoms with Crippen LogP contribution in [0.2, 0.25) is 0 Å². The molecule has 0 aromatic heterocycles. The summed E-state index contributed by atoms with van der Waals surface area (Å²) in [6.07, 6.45) is 3.55. The van der Waals surface area contributed by atoms with Crippen molar-refractivity contribution in [1.29, 1.82) is 0 Å². The Morgan fingerprint density at radius 2 is 1.87 bits per heavy atom. The van der Waals surface area contributed by atoms with Gasteiger partial charge in [-0.25, -0.2) is 0 Å². The second-order valence-electron chi connectivity index (χ2n) is 8.01. The lowest BCUT2D eigenvalue weighted by atomic mass is 9.92. The highest BCUT2D eigenvalue weighted by atomic mass is 16.5. The number of carbonyl (C=O) groups is 1. The summed E-state index contributed by atoms with van der Waals surface area (Å²) in [6, 6.07) is 10.6. The van der Waals surface area contributed by atoms with E-state index < -0.39 is 12.2 Å². The van der Waals surface area contributed by atoms with E-state index in [1.165, 1.54) is 6.07 Å². The van der Waals surface area contributed by atoms with E-state index in [2.05, 4.69) is 0 Å². The fourth-order valence-corrected chi connectivity index (χ4v) is 3.71. The van der Waals surface area contributed by atoms with E-state index in [1.807, 2.05) is 57.2 Å². The van der Waals surface area contributed by atoms with E-state index in [0.717, 1.165) is 16.7 Å². The van der Waals surface area contributed by atoms with Gasteiger partial charge in [0.1, 0.15) is 28.9 Å². The third-order valence-electron chi connectivity index (χ3n) is 5.13. The van der Waals surface area contributed by atoms with Crippen molar-refractivity contribution in [2.45, 2.75) is 52.2 Å². The molecule has 0 saturated carbocycles. The molecule has 0 saturated heterocycles. The number of carbonyl (C=O) groups excluding carboxylic acids is 1. The number of hydrogen-bond donors (Lipinski definition) is 3. The minimum absolute atomic E-state index is 0.116. The van der Waals surface area contributed by atoms with Gasteiger partial charge in [0, 0.05) is 11.6 Å². The summed E-state index contributed by atoms with van der Waals surface area (Å²) in [5.41, 5.74) is 3.42. The summed E-state index contributed by atoms with van der Waals surface area (Å²) in [7, 11) is 0. The lowest BCUT2D eigenvalue weighted by Crippen LogP contribution is -2.21. The van der Waals surface area contributed by atoms with Gasteiger partial charge in [-0.3, -0.25) is 4.79 Å². The van der Waals surface area contributed by atoms with Crippen LogP contribution in [0, 0.1) is 0 Å². The van der Waals surface area contributed by atoms with Crippen molar-refractivity contribution in [1.82, 2.24) is 0 Å². The zero-order valence-corrected chi connectivity index (χ0v) is 17.6. The molecular weight excluding hydrogens is 380 g/mol. The van der Waals surface area contributed by atoms with E-state index >= 15 is 0 Å². The molecule has 5 heteroatoms. The summed E-state index contributed by atoms with van der Waals surface area (Å²) >= 11 is 0. The molecule has 3 rings (SSSR count). The Kier molecular flexibility index (Phi) is 6.63. The predicted molar refractivity (Wildman–Crippen MR) is 116 cm³/mol. The molecule has 1 aliphatic heterocycles. The maximum Gasteiger partial charge on any atom is 0.174 e. The molecule has 0 fully saturated rings. The van der Waals surface area contributed by atoms with Crippen LogP contribution in [0.5, 0.6) is 17.2 Å². The number of aromatic hydroxyl groups is 2.